The van der Waals surface area contributed by atoms with Crippen LogP contribution in [0.2, 0.25) is 0 Å². The van der Waals surface area contributed by atoms with Gasteiger partial charge in [-0.15, -0.1) is 0 Å². The Bertz CT molecular complexity index is 1340. The van der Waals surface area contributed by atoms with Crippen LogP contribution in [0.3, 0.4) is 0 Å². The van der Waals surface area contributed by atoms with Crippen molar-refractivity contribution in [2.75, 3.05) is 32.5 Å². The van der Waals surface area contributed by atoms with Gasteiger partial charge in [0, 0.05) is 31.7 Å². The molecule has 2 heterocycles. The van der Waals surface area contributed by atoms with Crippen LogP contribution in [-0.4, -0.2) is 51.4 Å². The highest BCUT2D eigenvalue weighted by Gasteiger charge is 2.21. The van der Waals surface area contributed by atoms with Crippen LogP contribution < -0.4 is 11.0 Å². The fourth-order valence-electron chi connectivity index (χ4n) is 4.68. The molecule has 2 aromatic carbocycles. The Morgan fingerprint density at radius 2 is 1.82 bits per heavy atom. The SMILES string of the molecule is CCC(CC)n1c(=O)n(C)c2cc(-c3c(NCCN(C)C)n[nH]c3-c3cccc(C)c3)ccc21. The molecule has 0 radical (unpaired) electrons. The second-order valence-electron chi connectivity index (χ2n) is 9.31. The van der Waals surface area contributed by atoms with Gasteiger partial charge in [-0.1, -0.05) is 43.7 Å². The van der Waals surface area contributed by atoms with Crippen LogP contribution in [0.1, 0.15) is 38.3 Å². The molecular weight excluding hydrogens is 424 g/mol. The molecule has 0 saturated carbocycles. The summed E-state index contributed by atoms with van der Waals surface area (Å²) in [6.07, 6.45) is 1.85. The summed E-state index contributed by atoms with van der Waals surface area (Å²) >= 11 is 0. The lowest BCUT2D eigenvalue weighted by Gasteiger charge is -2.15. The predicted molar refractivity (Wildman–Crippen MR) is 142 cm³/mol. The number of likely N-dealkylation sites (N-methyl/N-ethyl adjacent to an activating group) is 1. The van der Waals surface area contributed by atoms with Gasteiger partial charge in [0.05, 0.1) is 22.3 Å². The molecule has 0 aliphatic carbocycles. The van der Waals surface area contributed by atoms with E-state index in [9.17, 15) is 4.79 Å². The quantitative estimate of drug-likeness (QED) is 0.367. The zero-order valence-corrected chi connectivity index (χ0v) is 21.1. The van der Waals surface area contributed by atoms with Gasteiger partial charge in [-0.2, -0.15) is 5.10 Å². The second-order valence-corrected chi connectivity index (χ2v) is 9.31. The van der Waals surface area contributed by atoms with Crippen molar-refractivity contribution >= 4 is 16.9 Å². The van der Waals surface area contributed by atoms with E-state index in [4.69, 9.17) is 0 Å². The van der Waals surface area contributed by atoms with Crippen LogP contribution in [0.4, 0.5) is 5.82 Å². The van der Waals surface area contributed by atoms with Gasteiger partial charge in [0.1, 0.15) is 0 Å². The summed E-state index contributed by atoms with van der Waals surface area (Å²) in [5, 5.41) is 11.4. The van der Waals surface area contributed by atoms with Crippen LogP contribution in [0.5, 0.6) is 0 Å². The van der Waals surface area contributed by atoms with E-state index in [2.05, 4.69) is 97.7 Å². The standard InChI is InChI=1S/C27H36N6O/c1-7-21(8-2)33-22-13-12-19(17-23(22)32(6)27(33)34)24-25(20-11-9-10-18(3)16-20)29-30-26(24)28-14-15-31(4)5/h9-13,16-17,21H,7-8,14-15H2,1-6H3,(H2,28,29,30). The summed E-state index contributed by atoms with van der Waals surface area (Å²) in [7, 11) is 5.98. The first-order valence-corrected chi connectivity index (χ1v) is 12.1. The first kappa shape index (κ1) is 23.8. The molecule has 0 amide bonds. The molecule has 7 heteroatoms. The van der Waals surface area contributed by atoms with Gasteiger partial charge in [0.15, 0.2) is 5.82 Å². The van der Waals surface area contributed by atoms with Gasteiger partial charge in [0.25, 0.3) is 0 Å². The predicted octanol–water partition coefficient (Wildman–Crippen LogP) is 5.04. The highest BCUT2D eigenvalue weighted by Crippen LogP contribution is 2.38. The molecule has 2 N–H and O–H groups in total. The van der Waals surface area contributed by atoms with E-state index in [0.717, 1.165) is 65.2 Å². The Balaban J connectivity index is 1.88. The lowest BCUT2D eigenvalue weighted by molar-refractivity contribution is 0.425. The monoisotopic (exact) mass is 460 g/mol. The molecule has 7 nitrogen and oxygen atoms in total. The molecule has 0 fully saturated rings. The van der Waals surface area contributed by atoms with Crippen molar-refractivity contribution in [3.63, 3.8) is 0 Å². The summed E-state index contributed by atoms with van der Waals surface area (Å²) in [5.41, 5.74) is 7.26. The van der Waals surface area contributed by atoms with E-state index >= 15 is 0 Å². The minimum absolute atomic E-state index is 0.0382. The number of aromatic nitrogens is 4. The number of imidazole rings is 1. The molecule has 2 aromatic heterocycles. The van der Waals surface area contributed by atoms with Crippen molar-refractivity contribution in [1.82, 2.24) is 24.2 Å². The average Bonchev–Trinajstić information content (AvgIpc) is 3.34. The molecule has 0 bridgehead atoms. The Kier molecular flexibility index (Phi) is 6.93. The molecule has 0 unspecified atom stereocenters. The number of hydrogen-bond donors (Lipinski definition) is 2. The molecule has 4 rings (SSSR count). The number of anilines is 1. The summed E-state index contributed by atoms with van der Waals surface area (Å²) in [6, 6.07) is 14.9. The second kappa shape index (κ2) is 9.89. The number of nitrogens with zero attached hydrogens (tertiary/aromatic N) is 4. The van der Waals surface area contributed by atoms with Gasteiger partial charge >= 0.3 is 5.69 Å². The largest absolute Gasteiger partial charge is 0.367 e. The highest BCUT2D eigenvalue weighted by molar-refractivity contribution is 5.92. The van der Waals surface area contributed by atoms with E-state index in [1.165, 1.54) is 5.56 Å². The Hall–Kier alpha value is -3.32. The van der Waals surface area contributed by atoms with Crippen LogP contribution in [-0.2, 0) is 7.05 Å². The molecule has 0 spiro atoms. The van der Waals surface area contributed by atoms with Gasteiger partial charge in [0.2, 0.25) is 0 Å². The van der Waals surface area contributed by atoms with Crippen molar-refractivity contribution in [3.05, 3.63) is 58.5 Å². The van der Waals surface area contributed by atoms with Crippen molar-refractivity contribution < 1.29 is 0 Å². The van der Waals surface area contributed by atoms with Crippen LogP contribution in [0, 0.1) is 6.92 Å². The highest BCUT2D eigenvalue weighted by atomic mass is 16.1. The number of hydrogen-bond acceptors (Lipinski definition) is 4. The third kappa shape index (κ3) is 4.40. The molecule has 0 atom stereocenters. The molecule has 180 valence electrons. The Morgan fingerprint density at radius 3 is 2.50 bits per heavy atom. The smallest absolute Gasteiger partial charge is 0.329 e. The van der Waals surface area contributed by atoms with E-state index in [1.54, 1.807) is 4.57 Å². The minimum atomic E-state index is 0.0382. The third-order valence-electron chi connectivity index (χ3n) is 6.61. The number of H-pyrrole nitrogens is 1. The maximum atomic E-state index is 13.1. The fraction of sp³-hybridized carbons (Fsp3) is 0.407. The molecule has 34 heavy (non-hydrogen) atoms. The summed E-state index contributed by atoms with van der Waals surface area (Å²) in [4.78, 5) is 15.3. The third-order valence-corrected chi connectivity index (χ3v) is 6.61. The van der Waals surface area contributed by atoms with Gasteiger partial charge in [-0.25, -0.2) is 4.79 Å². The lowest BCUT2D eigenvalue weighted by Crippen LogP contribution is -2.25. The van der Waals surface area contributed by atoms with Crippen molar-refractivity contribution in [3.8, 4) is 22.4 Å². The first-order chi connectivity index (χ1) is 16.3. The minimum Gasteiger partial charge on any atom is -0.367 e. The van der Waals surface area contributed by atoms with Gasteiger partial charge in [-0.05, 0) is 57.6 Å². The summed E-state index contributed by atoms with van der Waals surface area (Å²) in [6.45, 7) is 8.05. The van der Waals surface area contributed by atoms with Gasteiger partial charge < -0.3 is 10.2 Å². The molecule has 0 aliphatic heterocycles. The topological polar surface area (TPSA) is 70.9 Å². The lowest BCUT2D eigenvalue weighted by atomic mass is 9.99. The Morgan fingerprint density at radius 1 is 1.06 bits per heavy atom. The van der Waals surface area contributed by atoms with Crippen LogP contribution in [0.15, 0.2) is 47.3 Å². The number of aromatic amines is 1. The molecule has 4 aromatic rings. The van der Waals surface area contributed by atoms with Crippen LogP contribution >= 0.6 is 0 Å². The molecular formula is C27H36N6O. The zero-order valence-electron chi connectivity index (χ0n) is 21.1. The van der Waals surface area contributed by atoms with Crippen molar-refractivity contribution in [2.24, 2.45) is 7.05 Å². The van der Waals surface area contributed by atoms with E-state index < -0.39 is 0 Å². The van der Waals surface area contributed by atoms with Crippen molar-refractivity contribution in [1.29, 1.82) is 0 Å². The first-order valence-electron chi connectivity index (χ1n) is 12.1. The number of benzene rings is 2. The maximum absolute atomic E-state index is 13.1. The fourth-order valence-corrected chi connectivity index (χ4v) is 4.68. The van der Waals surface area contributed by atoms with E-state index in [1.807, 2.05) is 11.6 Å². The summed E-state index contributed by atoms with van der Waals surface area (Å²) in [5.74, 6) is 0.821. The Labute approximate surface area is 201 Å². The number of fused-ring (bicyclic) bond motifs is 1. The average molecular weight is 461 g/mol. The number of aryl methyl sites for hydroxylation is 2. The van der Waals surface area contributed by atoms with Gasteiger partial charge in [-0.3, -0.25) is 14.2 Å². The van der Waals surface area contributed by atoms with E-state index in [-0.39, 0.29) is 11.7 Å². The summed E-state index contributed by atoms with van der Waals surface area (Å²) < 4.78 is 3.72. The molecule has 0 saturated heterocycles. The normalized spacial score (nSPS) is 11.8. The number of nitrogens with one attached hydrogen (secondary N) is 2. The maximum Gasteiger partial charge on any atom is 0.329 e. The number of rotatable bonds is 9. The van der Waals surface area contributed by atoms with Crippen molar-refractivity contribution in [2.45, 2.75) is 39.7 Å². The van der Waals surface area contributed by atoms with Crippen LogP contribution in [0.25, 0.3) is 33.4 Å². The molecule has 0 aliphatic rings. The zero-order chi connectivity index (χ0) is 24.4. The van der Waals surface area contributed by atoms with E-state index in [0.29, 0.717) is 0 Å².